The first-order valence-electron chi connectivity index (χ1n) is 5.95. The highest BCUT2D eigenvalue weighted by Crippen LogP contribution is 2.21. The molecule has 0 fully saturated rings. The minimum absolute atomic E-state index is 0.672. The maximum atomic E-state index is 6.20. The summed E-state index contributed by atoms with van der Waals surface area (Å²) in [5.74, 6) is 0.672. The fourth-order valence-electron chi connectivity index (χ4n) is 1.83. The van der Waals surface area contributed by atoms with E-state index < -0.39 is 0 Å². The van der Waals surface area contributed by atoms with Crippen LogP contribution < -0.4 is 5.32 Å². The van der Waals surface area contributed by atoms with Crippen LogP contribution in [0.5, 0.6) is 0 Å². The van der Waals surface area contributed by atoms with Gasteiger partial charge in [-0.2, -0.15) is 5.10 Å². The number of hydrogen-bond acceptors (Lipinski definition) is 2. The van der Waals surface area contributed by atoms with Gasteiger partial charge in [0, 0.05) is 7.05 Å². The zero-order valence-corrected chi connectivity index (χ0v) is 11.4. The van der Waals surface area contributed by atoms with Crippen molar-refractivity contribution < 1.29 is 0 Å². The summed E-state index contributed by atoms with van der Waals surface area (Å²) in [6, 6.07) is 0. The van der Waals surface area contributed by atoms with Crippen molar-refractivity contribution in [1.82, 2.24) is 15.1 Å². The average Bonchev–Trinajstić information content (AvgIpc) is 2.48. The highest BCUT2D eigenvalue weighted by atomic mass is 35.5. The first kappa shape index (κ1) is 13.5. The highest BCUT2D eigenvalue weighted by molar-refractivity contribution is 6.31. The average molecular weight is 244 g/mol. The van der Waals surface area contributed by atoms with E-state index in [1.807, 2.05) is 18.7 Å². The largest absolute Gasteiger partial charge is 0.317 e. The molecule has 1 atom stereocenters. The van der Waals surface area contributed by atoms with Crippen LogP contribution in [-0.2, 0) is 13.5 Å². The predicted octanol–water partition coefficient (Wildman–Crippen LogP) is 2.56. The third-order valence-corrected chi connectivity index (χ3v) is 3.37. The van der Waals surface area contributed by atoms with E-state index in [1.165, 1.54) is 0 Å². The Morgan fingerprint density at radius 3 is 2.69 bits per heavy atom. The summed E-state index contributed by atoms with van der Waals surface area (Å²) in [7, 11) is 1.96. The number of rotatable bonds is 6. The summed E-state index contributed by atoms with van der Waals surface area (Å²) in [5.41, 5.74) is 2.08. The third kappa shape index (κ3) is 3.49. The fourth-order valence-corrected chi connectivity index (χ4v) is 2.08. The van der Waals surface area contributed by atoms with Crippen LogP contribution >= 0.6 is 11.6 Å². The zero-order valence-electron chi connectivity index (χ0n) is 10.7. The Balaban J connectivity index is 2.48. The van der Waals surface area contributed by atoms with Gasteiger partial charge >= 0.3 is 0 Å². The molecule has 1 rings (SSSR count). The zero-order chi connectivity index (χ0) is 12.1. The second-order valence-electron chi connectivity index (χ2n) is 4.42. The summed E-state index contributed by atoms with van der Waals surface area (Å²) < 4.78 is 1.90. The topological polar surface area (TPSA) is 29.9 Å². The SMILES string of the molecule is CCNCC(C)CCc1c(Cl)c(C)nn1C. The van der Waals surface area contributed by atoms with Crippen molar-refractivity contribution in [1.29, 1.82) is 0 Å². The first-order chi connectivity index (χ1) is 7.56. The number of aryl methyl sites for hydroxylation is 2. The summed E-state index contributed by atoms with van der Waals surface area (Å²) in [6.07, 6.45) is 2.15. The minimum Gasteiger partial charge on any atom is -0.317 e. The van der Waals surface area contributed by atoms with Crippen LogP contribution in [0.25, 0.3) is 0 Å². The second-order valence-corrected chi connectivity index (χ2v) is 4.80. The molecule has 0 aromatic carbocycles. The van der Waals surface area contributed by atoms with Crippen molar-refractivity contribution in [3.05, 3.63) is 16.4 Å². The Hall–Kier alpha value is -0.540. The van der Waals surface area contributed by atoms with Gasteiger partial charge in [-0.1, -0.05) is 25.4 Å². The quantitative estimate of drug-likeness (QED) is 0.832. The minimum atomic E-state index is 0.672. The summed E-state index contributed by atoms with van der Waals surface area (Å²) >= 11 is 6.20. The van der Waals surface area contributed by atoms with Crippen molar-refractivity contribution in [2.24, 2.45) is 13.0 Å². The summed E-state index contributed by atoms with van der Waals surface area (Å²) in [4.78, 5) is 0. The van der Waals surface area contributed by atoms with Crippen LogP contribution in [-0.4, -0.2) is 22.9 Å². The lowest BCUT2D eigenvalue weighted by Gasteiger charge is -2.11. The molecule has 4 heteroatoms. The molecule has 0 aliphatic carbocycles. The van der Waals surface area contributed by atoms with Gasteiger partial charge in [-0.25, -0.2) is 0 Å². The molecular formula is C12H22ClN3. The normalized spacial score (nSPS) is 13.1. The van der Waals surface area contributed by atoms with E-state index in [0.717, 1.165) is 42.3 Å². The van der Waals surface area contributed by atoms with Crippen LogP contribution in [0.4, 0.5) is 0 Å². The molecule has 0 aliphatic rings. The summed E-state index contributed by atoms with van der Waals surface area (Å²) in [5, 5.41) is 8.51. The van der Waals surface area contributed by atoms with Gasteiger partial charge in [0.2, 0.25) is 0 Å². The van der Waals surface area contributed by atoms with E-state index in [0.29, 0.717) is 5.92 Å². The Morgan fingerprint density at radius 1 is 1.50 bits per heavy atom. The molecule has 0 amide bonds. The highest BCUT2D eigenvalue weighted by Gasteiger charge is 2.12. The van der Waals surface area contributed by atoms with Gasteiger partial charge in [0.1, 0.15) is 0 Å². The lowest BCUT2D eigenvalue weighted by Crippen LogP contribution is -2.21. The van der Waals surface area contributed by atoms with Crippen LogP contribution in [0.15, 0.2) is 0 Å². The lowest BCUT2D eigenvalue weighted by molar-refractivity contribution is 0.481. The second kappa shape index (κ2) is 6.26. The van der Waals surface area contributed by atoms with Crippen LogP contribution in [0.2, 0.25) is 5.02 Å². The van der Waals surface area contributed by atoms with Crippen LogP contribution in [0, 0.1) is 12.8 Å². The molecule has 16 heavy (non-hydrogen) atoms. The van der Waals surface area contributed by atoms with Crippen molar-refractivity contribution in [2.45, 2.75) is 33.6 Å². The molecule has 92 valence electrons. The number of aromatic nitrogens is 2. The molecular weight excluding hydrogens is 222 g/mol. The van der Waals surface area contributed by atoms with Crippen LogP contribution in [0.1, 0.15) is 31.7 Å². The standard InChI is InChI=1S/C12H22ClN3/c1-5-14-8-9(2)6-7-11-12(13)10(3)15-16(11)4/h9,14H,5-8H2,1-4H3. The van der Waals surface area contributed by atoms with Gasteiger partial charge in [-0.15, -0.1) is 0 Å². The molecule has 1 aromatic heterocycles. The molecule has 0 aliphatic heterocycles. The molecule has 1 unspecified atom stereocenters. The Bertz CT molecular complexity index is 333. The van der Waals surface area contributed by atoms with Crippen molar-refractivity contribution in [3.63, 3.8) is 0 Å². The third-order valence-electron chi connectivity index (χ3n) is 2.88. The fraction of sp³-hybridized carbons (Fsp3) is 0.750. The maximum Gasteiger partial charge on any atom is 0.0846 e. The molecule has 1 aromatic rings. The predicted molar refractivity (Wildman–Crippen MR) is 69.0 cm³/mol. The van der Waals surface area contributed by atoms with E-state index >= 15 is 0 Å². The van der Waals surface area contributed by atoms with Gasteiger partial charge < -0.3 is 5.32 Å². The Labute approximate surface area is 103 Å². The van der Waals surface area contributed by atoms with Gasteiger partial charge in [0.15, 0.2) is 0 Å². The molecule has 0 radical (unpaired) electrons. The van der Waals surface area contributed by atoms with Crippen LogP contribution in [0.3, 0.4) is 0 Å². The summed E-state index contributed by atoms with van der Waals surface area (Å²) in [6.45, 7) is 8.46. The molecule has 1 heterocycles. The molecule has 0 bridgehead atoms. The van der Waals surface area contributed by atoms with Gasteiger partial charge in [0.25, 0.3) is 0 Å². The van der Waals surface area contributed by atoms with E-state index in [-0.39, 0.29) is 0 Å². The van der Waals surface area contributed by atoms with Crippen molar-refractivity contribution in [3.8, 4) is 0 Å². The van der Waals surface area contributed by atoms with Gasteiger partial charge in [-0.05, 0) is 38.8 Å². The number of halogens is 1. The lowest BCUT2D eigenvalue weighted by atomic mass is 10.0. The Kier molecular flexibility index (Phi) is 5.29. The Morgan fingerprint density at radius 2 is 2.19 bits per heavy atom. The van der Waals surface area contributed by atoms with Gasteiger partial charge in [-0.3, -0.25) is 4.68 Å². The number of nitrogens with one attached hydrogen (secondary N) is 1. The number of hydrogen-bond donors (Lipinski definition) is 1. The van der Waals surface area contributed by atoms with E-state index in [4.69, 9.17) is 11.6 Å². The van der Waals surface area contributed by atoms with E-state index in [9.17, 15) is 0 Å². The van der Waals surface area contributed by atoms with E-state index in [2.05, 4.69) is 24.3 Å². The molecule has 3 nitrogen and oxygen atoms in total. The van der Waals surface area contributed by atoms with Crippen molar-refractivity contribution in [2.75, 3.05) is 13.1 Å². The first-order valence-corrected chi connectivity index (χ1v) is 6.32. The molecule has 0 saturated carbocycles. The number of nitrogens with zero attached hydrogens (tertiary/aromatic N) is 2. The smallest absolute Gasteiger partial charge is 0.0846 e. The molecule has 0 spiro atoms. The maximum absolute atomic E-state index is 6.20. The molecule has 0 saturated heterocycles. The van der Waals surface area contributed by atoms with E-state index in [1.54, 1.807) is 0 Å². The molecule has 1 N–H and O–H groups in total. The van der Waals surface area contributed by atoms with Gasteiger partial charge in [0.05, 0.1) is 16.4 Å². The van der Waals surface area contributed by atoms with Crippen molar-refractivity contribution >= 4 is 11.6 Å². The monoisotopic (exact) mass is 243 g/mol.